The van der Waals surface area contributed by atoms with E-state index in [1.54, 1.807) is 7.11 Å². The Morgan fingerprint density at radius 2 is 2.05 bits per heavy atom. The summed E-state index contributed by atoms with van der Waals surface area (Å²) in [6.45, 7) is 2.07. The van der Waals surface area contributed by atoms with Crippen molar-refractivity contribution in [2.75, 3.05) is 7.11 Å². The lowest BCUT2D eigenvalue weighted by Gasteiger charge is -2.20. The van der Waals surface area contributed by atoms with Crippen LogP contribution in [0.25, 0.3) is 11.3 Å². The van der Waals surface area contributed by atoms with Gasteiger partial charge in [-0.15, -0.1) is 0 Å². The lowest BCUT2D eigenvalue weighted by Crippen LogP contribution is -2.34. The van der Waals surface area contributed by atoms with Crippen molar-refractivity contribution >= 4 is 0 Å². The van der Waals surface area contributed by atoms with E-state index in [2.05, 4.69) is 23.0 Å². The predicted molar refractivity (Wildman–Crippen MR) is 79.6 cm³/mol. The molecule has 3 N–H and O–H groups in total. The zero-order valence-electron chi connectivity index (χ0n) is 12.1. The van der Waals surface area contributed by atoms with E-state index in [1.165, 1.54) is 18.4 Å². The maximum absolute atomic E-state index is 6.45. The number of imidazole rings is 1. The average molecular weight is 271 g/mol. The Bertz CT molecular complexity index is 612. The zero-order valence-corrected chi connectivity index (χ0v) is 12.1. The van der Waals surface area contributed by atoms with Crippen LogP contribution in [-0.2, 0) is 5.54 Å². The lowest BCUT2D eigenvalue weighted by atomic mass is 9.98. The van der Waals surface area contributed by atoms with Crippen LogP contribution in [0.5, 0.6) is 5.75 Å². The molecule has 0 aliphatic heterocycles. The number of aromatic nitrogens is 2. The number of hydrogen-bond donors (Lipinski definition) is 2. The summed E-state index contributed by atoms with van der Waals surface area (Å²) in [5.74, 6) is 1.75. The summed E-state index contributed by atoms with van der Waals surface area (Å²) in [4.78, 5) is 7.91. The van der Waals surface area contributed by atoms with E-state index in [4.69, 9.17) is 10.5 Å². The Morgan fingerprint density at radius 3 is 2.75 bits per heavy atom. The predicted octanol–water partition coefficient (Wildman–Crippen LogP) is 3.12. The van der Waals surface area contributed by atoms with Gasteiger partial charge in [-0.1, -0.05) is 24.5 Å². The van der Waals surface area contributed by atoms with Crippen molar-refractivity contribution in [2.45, 2.75) is 38.1 Å². The molecule has 1 aromatic carbocycles. The van der Waals surface area contributed by atoms with Gasteiger partial charge in [0.2, 0.25) is 0 Å². The van der Waals surface area contributed by atoms with E-state index in [-0.39, 0.29) is 5.54 Å². The molecule has 0 spiro atoms. The molecule has 0 atom stereocenters. The highest BCUT2D eigenvalue weighted by Gasteiger charge is 2.34. The van der Waals surface area contributed by atoms with Crippen molar-refractivity contribution in [3.05, 3.63) is 35.8 Å². The molecular formula is C16H21N3O. The van der Waals surface area contributed by atoms with E-state index >= 15 is 0 Å². The van der Waals surface area contributed by atoms with Gasteiger partial charge in [0.05, 0.1) is 24.5 Å². The molecule has 4 nitrogen and oxygen atoms in total. The Kier molecular flexibility index (Phi) is 3.26. The van der Waals surface area contributed by atoms with Crippen LogP contribution in [0.2, 0.25) is 0 Å². The van der Waals surface area contributed by atoms with Gasteiger partial charge in [-0.3, -0.25) is 0 Å². The van der Waals surface area contributed by atoms with Gasteiger partial charge >= 0.3 is 0 Å². The van der Waals surface area contributed by atoms with Crippen LogP contribution in [0.1, 0.15) is 37.1 Å². The minimum atomic E-state index is -0.282. The SMILES string of the molecule is COc1ccc(C)cc1-c1cnc(C2(N)CCCC2)[nH]1. The molecule has 1 aliphatic carbocycles. The van der Waals surface area contributed by atoms with Crippen LogP contribution in [-0.4, -0.2) is 17.1 Å². The molecule has 2 aromatic rings. The first-order chi connectivity index (χ1) is 9.62. The highest BCUT2D eigenvalue weighted by Crippen LogP contribution is 2.36. The quantitative estimate of drug-likeness (QED) is 0.901. The first-order valence-corrected chi connectivity index (χ1v) is 7.12. The molecule has 1 saturated carbocycles. The second-order valence-corrected chi connectivity index (χ2v) is 5.71. The third kappa shape index (κ3) is 2.20. The molecule has 0 radical (unpaired) electrons. The molecule has 4 heteroatoms. The topological polar surface area (TPSA) is 63.9 Å². The Balaban J connectivity index is 2.00. The van der Waals surface area contributed by atoms with Gasteiger partial charge in [0.15, 0.2) is 0 Å². The molecule has 0 amide bonds. The van der Waals surface area contributed by atoms with Crippen LogP contribution >= 0.6 is 0 Å². The van der Waals surface area contributed by atoms with E-state index in [0.29, 0.717) is 0 Å². The standard InChI is InChI=1S/C16H21N3O/c1-11-5-6-14(20-2)12(9-11)13-10-18-15(19-13)16(17)7-3-4-8-16/h5-6,9-10H,3-4,7-8,17H2,1-2H3,(H,18,19). The summed E-state index contributed by atoms with van der Waals surface area (Å²) in [6, 6.07) is 6.13. The fourth-order valence-corrected chi connectivity index (χ4v) is 2.99. The summed E-state index contributed by atoms with van der Waals surface area (Å²) in [7, 11) is 1.69. The summed E-state index contributed by atoms with van der Waals surface area (Å²) in [5.41, 5.74) is 9.36. The molecule has 3 rings (SSSR count). The van der Waals surface area contributed by atoms with Crippen molar-refractivity contribution in [3.8, 4) is 17.0 Å². The Labute approximate surface area is 119 Å². The number of methoxy groups -OCH3 is 1. The monoisotopic (exact) mass is 271 g/mol. The number of H-pyrrole nitrogens is 1. The van der Waals surface area contributed by atoms with E-state index in [9.17, 15) is 0 Å². The summed E-state index contributed by atoms with van der Waals surface area (Å²) < 4.78 is 5.44. The number of rotatable bonds is 3. The minimum absolute atomic E-state index is 0.282. The number of aromatic amines is 1. The molecule has 1 heterocycles. The molecule has 0 unspecified atom stereocenters. The number of nitrogens with zero attached hydrogens (tertiary/aromatic N) is 1. The first-order valence-electron chi connectivity index (χ1n) is 7.12. The Morgan fingerprint density at radius 1 is 1.30 bits per heavy atom. The van der Waals surface area contributed by atoms with Gasteiger partial charge in [-0.25, -0.2) is 4.98 Å². The summed E-state index contributed by atoms with van der Waals surface area (Å²) in [6.07, 6.45) is 6.23. The summed E-state index contributed by atoms with van der Waals surface area (Å²) in [5, 5.41) is 0. The lowest BCUT2D eigenvalue weighted by molar-refractivity contribution is 0.416. The number of aryl methyl sites for hydroxylation is 1. The van der Waals surface area contributed by atoms with Crippen molar-refractivity contribution in [1.82, 2.24) is 9.97 Å². The number of benzene rings is 1. The normalized spacial score (nSPS) is 17.4. The third-order valence-electron chi connectivity index (χ3n) is 4.19. The van der Waals surface area contributed by atoms with Gasteiger partial charge in [0.1, 0.15) is 11.6 Å². The van der Waals surface area contributed by atoms with Gasteiger partial charge in [0.25, 0.3) is 0 Å². The van der Waals surface area contributed by atoms with Crippen molar-refractivity contribution in [1.29, 1.82) is 0 Å². The second kappa shape index (κ2) is 4.94. The summed E-state index contributed by atoms with van der Waals surface area (Å²) >= 11 is 0. The van der Waals surface area contributed by atoms with Crippen LogP contribution in [0.3, 0.4) is 0 Å². The maximum atomic E-state index is 6.45. The molecule has 0 saturated heterocycles. The maximum Gasteiger partial charge on any atom is 0.128 e. The van der Waals surface area contributed by atoms with Crippen LogP contribution in [0.15, 0.2) is 24.4 Å². The largest absolute Gasteiger partial charge is 0.496 e. The fraction of sp³-hybridized carbons (Fsp3) is 0.438. The first kappa shape index (κ1) is 13.2. The number of nitrogens with one attached hydrogen (secondary N) is 1. The molecule has 1 fully saturated rings. The van der Waals surface area contributed by atoms with Crippen LogP contribution in [0, 0.1) is 6.92 Å². The van der Waals surface area contributed by atoms with E-state index < -0.39 is 0 Å². The van der Waals surface area contributed by atoms with Crippen molar-refractivity contribution in [3.63, 3.8) is 0 Å². The van der Waals surface area contributed by atoms with Gasteiger partial charge in [0, 0.05) is 5.56 Å². The number of ether oxygens (including phenoxy) is 1. The van der Waals surface area contributed by atoms with Crippen LogP contribution < -0.4 is 10.5 Å². The smallest absolute Gasteiger partial charge is 0.128 e. The van der Waals surface area contributed by atoms with E-state index in [0.717, 1.165) is 35.7 Å². The highest BCUT2D eigenvalue weighted by atomic mass is 16.5. The average Bonchev–Trinajstić information content (AvgIpc) is 3.08. The molecule has 1 aromatic heterocycles. The third-order valence-corrected chi connectivity index (χ3v) is 4.19. The molecule has 106 valence electrons. The second-order valence-electron chi connectivity index (χ2n) is 5.71. The van der Waals surface area contributed by atoms with Crippen LogP contribution in [0.4, 0.5) is 0 Å². The van der Waals surface area contributed by atoms with Gasteiger partial charge < -0.3 is 15.5 Å². The van der Waals surface area contributed by atoms with Crippen molar-refractivity contribution < 1.29 is 4.74 Å². The Hall–Kier alpha value is -1.81. The zero-order chi connectivity index (χ0) is 14.2. The molecular weight excluding hydrogens is 250 g/mol. The molecule has 20 heavy (non-hydrogen) atoms. The highest BCUT2D eigenvalue weighted by molar-refractivity contribution is 5.67. The number of nitrogens with two attached hydrogens (primary N) is 1. The minimum Gasteiger partial charge on any atom is -0.496 e. The molecule has 1 aliphatic rings. The van der Waals surface area contributed by atoms with E-state index in [1.807, 2.05) is 18.3 Å². The fourth-order valence-electron chi connectivity index (χ4n) is 2.99. The van der Waals surface area contributed by atoms with Gasteiger partial charge in [-0.2, -0.15) is 0 Å². The molecule has 0 bridgehead atoms. The van der Waals surface area contributed by atoms with Gasteiger partial charge in [-0.05, 0) is 31.9 Å². The van der Waals surface area contributed by atoms with Crippen molar-refractivity contribution in [2.24, 2.45) is 5.73 Å². The number of hydrogen-bond acceptors (Lipinski definition) is 3.